The third-order valence-electron chi connectivity index (χ3n) is 3.44. The fourth-order valence-electron chi connectivity index (χ4n) is 2.64. The van der Waals surface area contributed by atoms with Gasteiger partial charge in [-0.25, -0.2) is 4.79 Å². The summed E-state index contributed by atoms with van der Waals surface area (Å²) in [6, 6.07) is 0.0165. The first kappa shape index (κ1) is 14.1. The number of fused-ring (bicyclic) bond motifs is 1. The zero-order chi connectivity index (χ0) is 14.0. The third kappa shape index (κ3) is 3.59. The normalized spacial score (nSPS) is 27.7. The van der Waals surface area contributed by atoms with Crippen molar-refractivity contribution in [2.24, 2.45) is 0 Å². The van der Waals surface area contributed by atoms with Crippen molar-refractivity contribution in [3.63, 3.8) is 0 Å². The van der Waals surface area contributed by atoms with E-state index in [0.717, 1.165) is 19.6 Å². The quantitative estimate of drug-likeness (QED) is 0.726. The van der Waals surface area contributed by atoms with E-state index < -0.39 is 11.7 Å². The average Bonchev–Trinajstić information content (AvgIpc) is 2.31. The van der Waals surface area contributed by atoms with E-state index in [1.54, 1.807) is 0 Å². The fourth-order valence-corrected chi connectivity index (χ4v) is 2.64. The number of nitrogens with one attached hydrogen (secondary N) is 2. The highest BCUT2D eigenvalue weighted by molar-refractivity contribution is 5.78. The number of amides is 2. The highest BCUT2D eigenvalue weighted by atomic mass is 16.6. The average molecular weight is 269 g/mol. The topological polar surface area (TPSA) is 70.7 Å². The molecule has 2 atom stereocenters. The number of alkyl carbamates (subject to hydrolysis) is 1. The zero-order valence-electron chi connectivity index (χ0n) is 11.9. The van der Waals surface area contributed by atoms with Crippen LogP contribution in [-0.2, 0) is 9.53 Å². The lowest BCUT2D eigenvalue weighted by atomic mass is 9.94. The van der Waals surface area contributed by atoms with Gasteiger partial charge < -0.3 is 20.3 Å². The molecule has 2 N–H and O–H groups in total. The molecule has 2 unspecified atom stereocenters. The van der Waals surface area contributed by atoms with Crippen LogP contribution in [0.1, 0.15) is 33.6 Å². The summed E-state index contributed by atoms with van der Waals surface area (Å²) < 4.78 is 5.27. The van der Waals surface area contributed by atoms with Gasteiger partial charge in [0.25, 0.3) is 0 Å². The van der Waals surface area contributed by atoms with Crippen molar-refractivity contribution in [2.75, 3.05) is 19.6 Å². The van der Waals surface area contributed by atoms with Crippen LogP contribution in [0.2, 0.25) is 0 Å². The molecule has 0 aromatic heterocycles. The largest absolute Gasteiger partial charge is 0.444 e. The van der Waals surface area contributed by atoms with Crippen LogP contribution >= 0.6 is 0 Å². The second-order valence-corrected chi connectivity index (χ2v) is 6.15. The second kappa shape index (κ2) is 5.36. The van der Waals surface area contributed by atoms with E-state index in [-0.39, 0.29) is 18.0 Å². The third-order valence-corrected chi connectivity index (χ3v) is 3.44. The van der Waals surface area contributed by atoms with Crippen LogP contribution in [0.4, 0.5) is 4.79 Å². The minimum absolute atomic E-state index is 0.0275. The first-order chi connectivity index (χ1) is 8.87. The molecule has 2 aliphatic rings. The number of rotatable bonds is 1. The highest BCUT2D eigenvalue weighted by Crippen LogP contribution is 2.20. The monoisotopic (exact) mass is 269 g/mol. The molecule has 2 heterocycles. The molecule has 2 saturated heterocycles. The SMILES string of the molecule is CC(C)(C)OC(=O)NC1CCC(=O)N2CCNCC12. The van der Waals surface area contributed by atoms with Crippen LogP contribution in [0, 0.1) is 0 Å². The summed E-state index contributed by atoms with van der Waals surface area (Å²) in [4.78, 5) is 25.5. The van der Waals surface area contributed by atoms with Crippen LogP contribution in [0.3, 0.4) is 0 Å². The van der Waals surface area contributed by atoms with Gasteiger partial charge in [0, 0.05) is 26.1 Å². The van der Waals surface area contributed by atoms with E-state index in [2.05, 4.69) is 10.6 Å². The van der Waals surface area contributed by atoms with E-state index in [1.165, 1.54) is 0 Å². The number of nitrogens with zero attached hydrogens (tertiary/aromatic N) is 1. The first-order valence-corrected chi connectivity index (χ1v) is 6.86. The van der Waals surface area contributed by atoms with Gasteiger partial charge in [0.15, 0.2) is 0 Å². The predicted octanol–water partition coefficient (Wildman–Crippen LogP) is 0.474. The Bertz CT molecular complexity index is 365. The molecule has 2 fully saturated rings. The maximum atomic E-state index is 11.8. The molecule has 0 aromatic rings. The molecule has 2 aliphatic heterocycles. The van der Waals surface area contributed by atoms with Crippen molar-refractivity contribution in [3.8, 4) is 0 Å². The summed E-state index contributed by atoms with van der Waals surface area (Å²) >= 11 is 0. The summed E-state index contributed by atoms with van der Waals surface area (Å²) in [5, 5.41) is 6.17. The van der Waals surface area contributed by atoms with Crippen molar-refractivity contribution in [1.29, 1.82) is 0 Å². The molecule has 2 rings (SSSR count). The molecule has 2 amide bonds. The van der Waals surface area contributed by atoms with Gasteiger partial charge in [0.2, 0.25) is 5.91 Å². The lowest BCUT2D eigenvalue weighted by molar-refractivity contribution is -0.138. The van der Waals surface area contributed by atoms with Gasteiger partial charge in [-0.15, -0.1) is 0 Å². The molecular weight excluding hydrogens is 246 g/mol. The van der Waals surface area contributed by atoms with Gasteiger partial charge in [0.05, 0.1) is 12.1 Å². The maximum Gasteiger partial charge on any atom is 0.407 e. The number of carbonyl (C=O) groups is 2. The Morgan fingerprint density at radius 3 is 2.89 bits per heavy atom. The van der Waals surface area contributed by atoms with E-state index in [4.69, 9.17) is 4.74 Å². The predicted molar refractivity (Wildman–Crippen MR) is 70.8 cm³/mol. The Balaban J connectivity index is 1.96. The number of piperazine rings is 1. The standard InChI is InChI=1S/C13H23N3O3/c1-13(2,3)19-12(18)15-9-4-5-11(17)16-7-6-14-8-10(9)16/h9-10,14H,4-8H2,1-3H3,(H,15,18). The van der Waals surface area contributed by atoms with Crippen molar-refractivity contribution >= 4 is 12.0 Å². The van der Waals surface area contributed by atoms with Crippen LogP contribution in [0.15, 0.2) is 0 Å². The summed E-state index contributed by atoms with van der Waals surface area (Å²) in [5.41, 5.74) is -0.501. The van der Waals surface area contributed by atoms with Crippen LogP contribution in [-0.4, -0.2) is 54.2 Å². The lowest BCUT2D eigenvalue weighted by Gasteiger charge is -2.44. The molecule has 0 aromatic carbocycles. The molecule has 0 bridgehead atoms. The van der Waals surface area contributed by atoms with Gasteiger partial charge >= 0.3 is 6.09 Å². The van der Waals surface area contributed by atoms with Crippen molar-refractivity contribution in [2.45, 2.75) is 51.3 Å². The molecule has 0 radical (unpaired) electrons. The number of piperidine rings is 1. The Morgan fingerprint density at radius 1 is 1.47 bits per heavy atom. The van der Waals surface area contributed by atoms with E-state index in [0.29, 0.717) is 12.8 Å². The van der Waals surface area contributed by atoms with Crippen molar-refractivity contribution < 1.29 is 14.3 Å². The van der Waals surface area contributed by atoms with Crippen LogP contribution < -0.4 is 10.6 Å². The Kier molecular flexibility index (Phi) is 3.99. The Hall–Kier alpha value is -1.30. The van der Waals surface area contributed by atoms with E-state index >= 15 is 0 Å². The maximum absolute atomic E-state index is 11.8. The van der Waals surface area contributed by atoms with Gasteiger partial charge in [-0.05, 0) is 27.2 Å². The minimum Gasteiger partial charge on any atom is -0.444 e. The molecule has 6 nitrogen and oxygen atoms in total. The fraction of sp³-hybridized carbons (Fsp3) is 0.846. The number of hydrogen-bond acceptors (Lipinski definition) is 4. The molecule has 0 spiro atoms. The zero-order valence-corrected chi connectivity index (χ0v) is 11.9. The second-order valence-electron chi connectivity index (χ2n) is 6.15. The summed E-state index contributed by atoms with van der Waals surface area (Å²) in [7, 11) is 0. The van der Waals surface area contributed by atoms with Gasteiger partial charge in [-0.3, -0.25) is 4.79 Å². The minimum atomic E-state index is -0.501. The van der Waals surface area contributed by atoms with Gasteiger partial charge in [-0.2, -0.15) is 0 Å². The van der Waals surface area contributed by atoms with Crippen LogP contribution in [0.25, 0.3) is 0 Å². The Labute approximate surface area is 113 Å². The first-order valence-electron chi connectivity index (χ1n) is 6.86. The molecule has 0 saturated carbocycles. The van der Waals surface area contributed by atoms with E-state index in [1.807, 2.05) is 25.7 Å². The van der Waals surface area contributed by atoms with Crippen LogP contribution in [0.5, 0.6) is 0 Å². The lowest BCUT2D eigenvalue weighted by Crippen LogP contribution is -2.64. The molecule has 6 heteroatoms. The molecule has 108 valence electrons. The summed E-state index contributed by atoms with van der Waals surface area (Å²) in [5.74, 6) is 0.189. The van der Waals surface area contributed by atoms with E-state index in [9.17, 15) is 9.59 Å². The molecular formula is C13H23N3O3. The Morgan fingerprint density at radius 2 is 2.21 bits per heavy atom. The van der Waals surface area contributed by atoms with Crippen molar-refractivity contribution in [1.82, 2.24) is 15.5 Å². The number of ether oxygens (including phenoxy) is 1. The number of hydrogen-bond donors (Lipinski definition) is 2. The highest BCUT2D eigenvalue weighted by Gasteiger charge is 2.38. The van der Waals surface area contributed by atoms with Crippen molar-refractivity contribution in [3.05, 3.63) is 0 Å². The molecule has 0 aliphatic carbocycles. The van der Waals surface area contributed by atoms with Gasteiger partial charge in [-0.1, -0.05) is 0 Å². The number of carbonyl (C=O) groups excluding carboxylic acids is 2. The smallest absolute Gasteiger partial charge is 0.407 e. The van der Waals surface area contributed by atoms with Gasteiger partial charge in [0.1, 0.15) is 5.60 Å². The summed E-state index contributed by atoms with van der Waals surface area (Å²) in [6.07, 6.45) is 0.773. The molecule has 19 heavy (non-hydrogen) atoms. The summed E-state index contributed by atoms with van der Waals surface area (Å²) in [6.45, 7) is 7.78.